The van der Waals surface area contributed by atoms with Crippen LogP contribution in [0.3, 0.4) is 0 Å². The molecule has 1 aromatic carbocycles. The summed E-state index contributed by atoms with van der Waals surface area (Å²) in [7, 11) is 0. The average Bonchev–Trinajstić information content (AvgIpc) is 2.86. The van der Waals surface area contributed by atoms with Gasteiger partial charge in [-0.15, -0.1) is 0 Å². The molecule has 8 heteroatoms. The van der Waals surface area contributed by atoms with Crippen LogP contribution in [0.25, 0.3) is 22.6 Å². The molecule has 0 fully saturated rings. The Morgan fingerprint density at radius 3 is 2.62 bits per heavy atom. The van der Waals surface area contributed by atoms with Crippen molar-refractivity contribution in [1.29, 1.82) is 0 Å². The van der Waals surface area contributed by atoms with Crippen molar-refractivity contribution in [2.75, 3.05) is 0 Å². The number of carbonyl (C=O) groups is 1. The van der Waals surface area contributed by atoms with Gasteiger partial charge in [0.1, 0.15) is 0 Å². The lowest BCUT2D eigenvalue weighted by Gasteiger charge is -2.03. The van der Waals surface area contributed by atoms with E-state index in [1.54, 1.807) is 12.1 Å². The maximum Gasteiger partial charge on any atom is 0.325 e. The summed E-state index contributed by atoms with van der Waals surface area (Å²) in [6, 6.07) is 8.13. The van der Waals surface area contributed by atoms with E-state index in [1.165, 1.54) is 28.8 Å². The van der Waals surface area contributed by atoms with Crippen molar-refractivity contribution < 1.29 is 9.72 Å². The van der Waals surface area contributed by atoms with Gasteiger partial charge in [0.15, 0.2) is 11.5 Å². The molecular weight excluding hydrogens is 274 g/mol. The normalized spacial score (nSPS) is 10.7. The molecule has 1 radical (unpaired) electrons. The zero-order valence-electron chi connectivity index (χ0n) is 10.6. The number of hydrogen-bond acceptors (Lipinski definition) is 5. The number of nitro groups is 1. The third-order valence-corrected chi connectivity index (χ3v) is 2.94. The van der Waals surface area contributed by atoms with Gasteiger partial charge < -0.3 is 5.73 Å². The SMILES string of the molecule is NC(=O)n1c(-c2ccc([N+](=O)[O-])cc2)nc2n[c]ccc21. The number of benzene rings is 1. The summed E-state index contributed by atoms with van der Waals surface area (Å²) < 4.78 is 1.21. The van der Waals surface area contributed by atoms with Crippen LogP contribution in [0.5, 0.6) is 0 Å². The monoisotopic (exact) mass is 282 g/mol. The molecule has 2 heterocycles. The highest BCUT2D eigenvalue weighted by atomic mass is 16.6. The van der Waals surface area contributed by atoms with Crippen LogP contribution in [0, 0.1) is 16.3 Å². The number of nitrogens with two attached hydrogens (primary N) is 1. The first-order valence-corrected chi connectivity index (χ1v) is 5.88. The van der Waals surface area contributed by atoms with E-state index in [1.807, 2.05) is 0 Å². The topological polar surface area (TPSA) is 117 Å². The number of nitro benzene ring substituents is 1. The van der Waals surface area contributed by atoms with Crippen LogP contribution in [-0.2, 0) is 0 Å². The lowest BCUT2D eigenvalue weighted by molar-refractivity contribution is -0.384. The van der Waals surface area contributed by atoms with E-state index in [2.05, 4.69) is 16.2 Å². The zero-order valence-corrected chi connectivity index (χ0v) is 10.6. The van der Waals surface area contributed by atoms with Crippen molar-refractivity contribution in [3.05, 3.63) is 52.7 Å². The first kappa shape index (κ1) is 12.7. The molecule has 0 unspecified atom stereocenters. The number of nitrogens with zero attached hydrogens (tertiary/aromatic N) is 4. The van der Waals surface area contributed by atoms with Gasteiger partial charge in [-0.1, -0.05) is 0 Å². The van der Waals surface area contributed by atoms with E-state index in [9.17, 15) is 14.9 Å². The minimum Gasteiger partial charge on any atom is -0.351 e. The van der Waals surface area contributed by atoms with E-state index >= 15 is 0 Å². The molecule has 103 valence electrons. The Labute approximate surface area is 118 Å². The van der Waals surface area contributed by atoms with E-state index in [0.717, 1.165) is 0 Å². The third kappa shape index (κ3) is 2.08. The molecule has 8 nitrogen and oxygen atoms in total. The number of pyridine rings is 1. The van der Waals surface area contributed by atoms with Crippen LogP contribution >= 0.6 is 0 Å². The summed E-state index contributed by atoms with van der Waals surface area (Å²) in [5, 5.41) is 10.7. The standard InChI is InChI=1S/C13H8N5O3/c14-13(19)17-10-2-1-7-15-11(10)16-12(17)8-3-5-9(6-4-8)18(20)21/h1-6H,(H2,14,19). The van der Waals surface area contributed by atoms with Gasteiger partial charge in [0.05, 0.1) is 16.6 Å². The zero-order chi connectivity index (χ0) is 15.0. The fourth-order valence-electron chi connectivity index (χ4n) is 2.02. The van der Waals surface area contributed by atoms with E-state index < -0.39 is 11.0 Å². The molecule has 0 saturated heterocycles. The van der Waals surface area contributed by atoms with Crippen LogP contribution in [0.1, 0.15) is 0 Å². The highest BCUT2D eigenvalue weighted by molar-refractivity contribution is 5.91. The highest BCUT2D eigenvalue weighted by Gasteiger charge is 2.17. The fraction of sp³-hybridized carbons (Fsp3) is 0. The van der Waals surface area contributed by atoms with E-state index in [4.69, 9.17) is 5.73 Å². The second-order valence-electron chi connectivity index (χ2n) is 4.20. The average molecular weight is 282 g/mol. The lowest BCUT2D eigenvalue weighted by atomic mass is 10.2. The number of fused-ring (bicyclic) bond motifs is 1. The van der Waals surface area contributed by atoms with Gasteiger partial charge in [0.25, 0.3) is 5.69 Å². The van der Waals surface area contributed by atoms with Gasteiger partial charge in [0, 0.05) is 17.7 Å². The van der Waals surface area contributed by atoms with E-state index in [-0.39, 0.29) is 11.5 Å². The summed E-state index contributed by atoms with van der Waals surface area (Å²) in [5.74, 6) is 0.277. The molecule has 2 aromatic heterocycles. The second-order valence-corrected chi connectivity index (χ2v) is 4.20. The predicted octanol–water partition coefficient (Wildman–Crippen LogP) is 1.73. The smallest absolute Gasteiger partial charge is 0.325 e. The first-order chi connectivity index (χ1) is 10.1. The van der Waals surface area contributed by atoms with Crippen LogP contribution in [0.4, 0.5) is 10.5 Å². The van der Waals surface area contributed by atoms with Gasteiger partial charge in [-0.2, -0.15) is 0 Å². The molecule has 0 spiro atoms. The van der Waals surface area contributed by atoms with Crippen molar-refractivity contribution in [3.63, 3.8) is 0 Å². The largest absolute Gasteiger partial charge is 0.351 e. The molecule has 0 aliphatic carbocycles. The summed E-state index contributed by atoms with van der Waals surface area (Å²) in [6.45, 7) is 0. The van der Waals surface area contributed by atoms with Gasteiger partial charge >= 0.3 is 6.03 Å². The number of aromatic nitrogens is 3. The molecule has 0 bridgehead atoms. The molecule has 1 amide bonds. The Morgan fingerprint density at radius 2 is 2.00 bits per heavy atom. The molecule has 0 aliphatic rings. The minimum atomic E-state index is -0.709. The number of non-ortho nitro benzene ring substituents is 1. The Bertz CT molecular complexity index is 854. The molecule has 0 atom stereocenters. The van der Waals surface area contributed by atoms with Crippen molar-refractivity contribution in [2.45, 2.75) is 0 Å². The molecule has 3 rings (SSSR count). The van der Waals surface area contributed by atoms with Crippen molar-refractivity contribution in [2.24, 2.45) is 5.73 Å². The van der Waals surface area contributed by atoms with Crippen LogP contribution in [-0.4, -0.2) is 25.5 Å². The Balaban J connectivity index is 2.22. The van der Waals surface area contributed by atoms with Gasteiger partial charge in [-0.05, 0) is 24.3 Å². The van der Waals surface area contributed by atoms with Gasteiger partial charge in [-0.3, -0.25) is 10.1 Å². The van der Waals surface area contributed by atoms with Gasteiger partial charge in [0.2, 0.25) is 0 Å². The summed E-state index contributed by atoms with van der Waals surface area (Å²) in [5.41, 5.74) is 6.63. The second kappa shape index (κ2) is 4.67. The van der Waals surface area contributed by atoms with Gasteiger partial charge in [-0.25, -0.2) is 19.3 Å². The third-order valence-electron chi connectivity index (χ3n) is 2.94. The number of primary amides is 1. The highest BCUT2D eigenvalue weighted by Crippen LogP contribution is 2.25. The summed E-state index contributed by atoms with van der Waals surface area (Å²) in [4.78, 5) is 30.0. The van der Waals surface area contributed by atoms with Crippen LogP contribution < -0.4 is 5.73 Å². The molecule has 21 heavy (non-hydrogen) atoms. The molecule has 0 aliphatic heterocycles. The maximum absolute atomic E-state index is 11.6. The Morgan fingerprint density at radius 1 is 1.29 bits per heavy atom. The molecule has 0 saturated carbocycles. The molecule has 2 N–H and O–H groups in total. The number of rotatable bonds is 2. The van der Waals surface area contributed by atoms with E-state index in [0.29, 0.717) is 16.7 Å². The number of imidazole rings is 1. The quantitative estimate of drug-likeness (QED) is 0.567. The number of carbonyl (C=O) groups excluding carboxylic acids is 1. The minimum absolute atomic E-state index is 0.0491. The molecule has 3 aromatic rings. The van der Waals surface area contributed by atoms with Crippen LogP contribution in [0.15, 0.2) is 36.4 Å². The Hall–Kier alpha value is -3.29. The maximum atomic E-state index is 11.6. The van der Waals surface area contributed by atoms with Crippen molar-refractivity contribution in [1.82, 2.24) is 14.5 Å². The summed E-state index contributed by atoms with van der Waals surface area (Å²) in [6.07, 6.45) is 2.62. The Kier molecular flexibility index (Phi) is 2.83. The fourth-order valence-corrected chi connectivity index (χ4v) is 2.02. The van der Waals surface area contributed by atoms with Crippen LogP contribution in [0.2, 0.25) is 0 Å². The summed E-state index contributed by atoms with van der Waals surface area (Å²) >= 11 is 0. The van der Waals surface area contributed by atoms with Crippen molar-refractivity contribution in [3.8, 4) is 11.4 Å². The number of amides is 1. The molecular formula is C13H8N5O3. The van der Waals surface area contributed by atoms with Crippen molar-refractivity contribution >= 4 is 22.9 Å². The lowest BCUT2D eigenvalue weighted by Crippen LogP contribution is -2.20. The predicted molar refractivity (Wildman–Crippen MR) is 73.4 cm³/mol. The first-order valence-electron chi connectivity index (χ1n) is 5.88. The number of hydrogen-bond donors (Lipinski definition) is 1.